The number of piperidine rings is 1. The second-order valence-corrected chi connectivity index (χ2v) is 6.91. The Morgan fingerprint density at radius 2 is 2.12 bits per heavy atom. The quantitative estimate of drug-likeness (QED) is 0.826. The topological polar surface area (TPSA) is 75.5 Å². The molecular formula is C20H26N2O4. The number of carbonyl (C=O) groups is 1. The van der Waals surface area contributed by atoms with Gasteiger partial charge >= 0.3 is 0 Å². The number of likely N-dealkylation sites (tertiary alicyclic amines) is 1. The van der Waals surface area contributed by atoms with E-state index < -0.39 is 0 Å². The average molecular weight is 358 g/mol. The molecule has 0 aliphatic carbocycles. The largest absolute Gasteiger partial charge is 0.497 e. The molecule has 3 rings (SSSR count). The number of ether oxygens (including phenoxy) is 1. The van der Waals surface area contributed by atoms with Gasteiger partial charge in [-0.2, -0.15) is 5.16 Å². The number of aryl methyl sites for hydroxylation is 2. The number of methoxy groups -OCH3 is 1. The summed E-state index contributed by atoms with van der Waals surface area (Å²) < 4.78 is 10.2. The van der Waals surface area contributed by atoms with Crippen molar-refractivity contribution < 1.29 is 14.1 Å². The zero-order valence-electron chi connectivity index (χ0n) is 15.2. The van der Waals surface area contributed by atoms with Crippen molar-refractivity contribution in [2.75, 3.05) is 20.2 Å². The van der Waals surface area contributed by atoms with E-state index in [9.17, 15) is 9.59 Å². The zero-order chi connectivity index (χ0) is 18.4. The van der Waals surface area contributed by atoms with E-state index in [2.05, 4.69) is 17.3 Å². The molecule has 1 aromatic heterocycles. The van der Waals surface area contributed by atoms with E-state index in [1.54, 1.807) is 7.11 Å². The fraction of sp³-hybridized carbons (Fsp3) is 0.500. The summed E-state index contributed by atoms with van der Waals surface area (Å²) in [5.74, 6) is 2.10. The third-order valence-corrected chi connectivity index (χ3v) is 5.03. The van der Waals surface area contributed by atoms with Crippen molar-refractivity contribution >= 4 is 5.91 Å². The number of nitrogens with one attached hydrogen (secondary N) is 1. The van der Waals surface area contributed by atoms with Gasteiger partial charge in [-0.05, 0) is 49.3 Å². The molecule has 1 fully saturated rings. The Morgan fingerprint density at radius 1 is 1.31 bits per heavy atom. The molecule has 1 atom stereocenters. The van der Waals surface area contributed by atoms with Gasteiger partial charge in [0.2, 0.25) is 5.91 Å². The Morgan fingerprint density at radius 3 is 2.81 bits per heavy atom. The van der Waals surface area contributed by atoms with Gasteiger partial charge in [-0.15, -0.1) is 0 Å². The highest BCUT2D eigenvalue weighted by Gasteiger charge is 2.23. The lowest BCUT2D eigenvalue weighted by Crippen LogP contribution is -2.40. The first-order valence-corrected chi connectivity index (χ1v) is 9.22. The number of aromatic amines is 1. The molecule has 0 radical (unpaired) electrons. The molecule has 1 amide bonds. The van der Waals surface area contributed by atoms with Crippen LogP contribution in [0.4, 0.5) is 0 Å². The second-order valence-electron chi connectivity index (χ2n) is 6.91. The Labute approximate surface area is 153 Å². The minimum atomic E-state index is -0.260. The van der Waals surface area contributed by atoms with Gasteiger partial charge in [0.05, 0.1) is 7.11 Å². The second kappa shape index (κ2) is 8.74. The zero-order valence-corrected chi connectivity index (χ0v) is 15.2. The molecule has 1 aliphatic heterocycles. The third-order valence-electron chi connectivity index (χ3n) is 5.03. The first kappa shape index (κ1) is 18.3. The van der Waals surface area contributed by atoms with Crippen LogP contribution in [-0.4, -0.2) is 36.2 Å². The fourth-order valence-electron chi connectivity index (χ4n) is 3.52. The molecule has 0 saturated carbocycles. The molecule has 1 aromatic carbocycles. The summed E-state index contributed by atoms with van der Waals surface area (Å²) in [7, 11) is 1.67. The number of hydrogen-bond acceptors (Lipinski definition) is 4. The first-order valence-electron chi connectivity index (χ1n) is 9.22. The maximum Gasteiger partial charge on any atom is 0.280 e. The standard InChI is InChI=1S/C20H26N2O4/c1-25-17-8-6-15(7-9-17)4-5-16-3-2-12-22(14-16)20(24)11-10-18-13-19(23)21-26-18/h6-9,13,16H,2-5,10-12,14H2,1H3,(H,21,23)/t16-/m1/s1. The van der Waals surface area contributed by atoms with Gasteiger partial charge in [0.25, 0.3) is 5.56 Å². The molecule has 6 nitrogen and oxygen atoms in total. The van der Waals surface area contributed by atoms with Crippen LogP contribution in [0.5, 0.6) is 5.75 Å². The summed E-state index contributed by atoms with van der Waals surface area (Å²) in [6.07, 6.45) is 5.18. The molecule has 1 saturated heterocycles. The van der Waals surface area contributed by atoms with E-state index in [4.69, 9.17) is 9.26 Å². The van der Waals surface area contributed by atoms with Gasteiger partial charge in [-0.3, -0.25) is 9.59 Å². The van der Waals surface area contributed by atoms with Gasteiger partial charge in [-0.25, -0.2) is 0 Å². The Kier molecular flexibility index (Phi) is 6.15. The van der Waals surface area contributed by atoms with Crippen LogP contribution in [-0.2, 0) is 17.6 Å². The van der Waals surface area contributed by atoms with Crippen molar-refractivity contribution in [3.8, 4) is 5.75 Å². The maximum absolute atomic E-state index is 12.5. The smallest absolute Gasteiger partial charge is 0.280 e. The number of benzene rings is 1. The number of rotatable bonds is 7. The predicted molar refractivity (Wildman–Crippen MR) is 98.3 cm³/mol. The van der Waals surface area contributed by atoms with E-state index in [0.717, 1.165) is 38.1 Å². The van der Waals surface area contributed by atoms with Gasteiger partial charge in [-0.1, -0.05) is 12.1 Å². The van der Waals surface area contributed by atoms with Crippen LogP contribution < -0.4 is 10.3 Å². The fourth-order valence-corrected chi connectivity index (χ4v) is 3.52. The van der Waals surface area contributed by atoms with Crippen LogP contribution >= 0.6 is 0 Å². The SMILES string of the molecule is COc1ccc(CC[C@H]2CCCN(C(=O)CCc3cc(=O)[nH]o3)C2)cc1. The van der Waals surface area contributed by atoms with Crippen LogP contribution in [0.25, 0.3) is 0 Å². The average Bonchev–Trinajstić information content (AvgIpc) is 3.10. The number of hydrogen-bond donors (Lipinski definition) is 1. The van der Waals surface area contributed by atoms with Crippen molar-refractivity contribution in [2.24, 2.45) is 5.92 Å². The lowest BCUT2D eigenvalue weighted by Gasteiger charge is -2.33. The van der Waals surface area contributed by atoms with Crippen LogP contribution in [0.3, 0.4) is 0 Å². The lowest BCUT2D eigenvalue weighted by molar-refractivity contribution is -0.133. The highest BCUT2D eigenvalue weighted by molar-refractivity contribution is 5.76. The van der Waals surface area contributed by atoms with Crippen molar-refractivity contribution in [3.05, 3.63) is 52.0 Å². The Balaban J connectivity index is 1.45. The Bertz CT molecular complexity index is 763. The summed E-state index contributed by atoms with van der Waals surface area (Å²) in [5.41, 5.74) is 1.04. The monoisotopic (exact) mass is 358 g/mol. The molecule has 0 spiro atoms. The van der Waals surface area contributed by atoms with Gasteiger partial charge in [0.1, 0.15) is 11.5 Å². The molecule has 2 heterocycles. The van der Waals surface area contributed by atoms with E-state index in [0.29, 0.717) is 24.5 Å². The number of carbonyl (C=O) groups excluding carboxylic acids is 1. The van der Waals surface area contributed by atoms with Crippen LogP contribution in [0, 0.1) is 5.92 Å². The molecule has 1 aliphatic rings. The summed E-state index contributed by atoms with van der Waals surface area (Å²) in [6.45, 7) is 1.65. The summed E-state index contributed by atoms with van der Waals surface area (Å²) in [4.78, 5) is 25.5. The first-order chi connectivity index (χ1) is 12.6. The molecular weight excluding hydrogens is 332 g/mol. The Hall–Kier alpha value is -2.50. The molecule has 140 valence electrons. The van der Waals surface area contributed by atoms with Crippen molar-refractivity contribution in [1.82, 2.24) is 10.1 Å². The van der Waals surface area contributed by atoms with Gasteiger partial charge in [0, 0.05) is 32.0 Å². The maximum atomic E-state index is 12.5. The van der Waals surface area contributed by atoms with E-state index in [-0.39, 0.29) is 11.5 Å². The number of amides is 1. The lowest BCUT2D eigenvalue weighted by atomic mass is 9.91. The van der Waals surface area contributed by atoms with Gasteiger partial charge in [0.15, 0.2) is 0 Å². The van der Waals surface area contributed by atoms with Crippen LogP contribution in [0.2, 0.25) is 0 Å². The van der Waals surface area contributed by atoms with E-state index in [1.165, 1.54) is 18.1 Å². The number of H-pyrrole nitrogens is 1. The van der Waals surface area contributed by atoms with Crippen molar-refractivity contribution in [2.45, 2.75) is 38.5 Å². The molecule has 0 bridgehead atoms. The molecule has 26 heavy (non-hydrogen) atoms. The minimum absolute atomic E-state index is 0.142. The molecule has 0 unspecified atom stereocenters. The van der Waals surface area contributed by atoms with E-state index in [1.807, 2.05) is 17.0 Å². The van der Waals surface area contributed by atoms with Crippen LogP contribution in [0.15, 0.2) is 39.6 Å². The van der Waals surface area contributed by atoms with Crippen molar-refractivity contribution in [3.63, 3.8) is 0 Å². The van der Waals surface area contributed by atoms with Crippen molar-refractivity contribution in [1.29, 1.82) is 0 Å². The van der Waals surface area contributed by atoms with Crippen LogP contribution in [0.1, 0.15) is 37.0 Å². The number of nitrogens with zero attached hydrogens (tertiary/aromatic N) is 1. The highest BCUT2D eigenvalue weighted by atomic mass is 16.5. The molecule has 2 aromatic rings. The highest BCUT2D eigenvalue weighted by Crippen LogP contribution is 2.23. The minimum Gasteiger partial charge on any atom is -0.497 e. The predicted octanol–water partition coefficient (Wildman–Crippen LogP) is 2.78. The van der Waals surface area contributed by atoms with Gasteiger partial charge < -0.3 is 14.2 Å². The normalized spacial score (nSPS) is 17.3. The number of aromatic nitrogens is 1. The summed E-state index contributed by atoms with van der Waals surface area (Å²) >= 11 is 0. The summed E-state index contributed by atoms with van der Waals surface area (Å²) in [6, 6.07) is 9.60. The molecule has 6 heteroatoms. The molecule has 1 N–H and O–H groups in total. The third kappa shape index (κ3) is 5.00. The summed E-state index contributed by atoms with van der Waals surface area (Å²) in [5, 5.41) is 2.26. The van der Waals surface area contributed by atoms with E-state index >= 15 is 0 Å².